The van der Waals surface area contributed by atoms with Crippen molar-refractivity contribution in [3.05, 3.63) is 0 Å². The van der Waals surface area contributed by atoms with Gasteiger partial charge in [0.1, 0.15) is 18.3 Å². The highest BCUT2D eigenvalue weighted by atomic mass is 31.2. The van der Waals surface area contributed by atoms with Crippen LogP contribution < -0.4 is 0 Å². The molecule has 0 aromatic rings. The van der Waals surface area contributed by atoms with Gasteiger partial charge in [-0.15, -0.1) is 0 Å². The number of hydrogen-bond acceptors (Lipinski definition) is 5. The van der Waals surface area contributed by atoms with Crippen molar-refractivity contribution in [3.63, 3.8) is 0 Å². The zero-order valence-corrected chi connectivity index (χ0v) is 7.50. The summed E-state index contributed by atoms with van der Waals surface area (Å²) in [6.45, 7) is -0.556. The molecule has 78 valence electrons. The SMILES string of the molecule is O=P(O)(O)O[C@@H]1CO[C@@H](CO)[C@@H]1O. The quantitative estimate of drug-likeness (QED) is 0.410. The van der Waals surface area contributed by atoms with Crippen LogP contribution in [0.3, 0.4) is 0 Å². The summed E-state index contributed by atoms with van der Waals surface area (Å²) in [6, 6.07) is 0. The minimum absolute atomic E-state index is 0.141. The first-order valence-electron chi connectivity index (χ1n) is 3.58. The molecule has 0 unspecified atom stereocenters. The Morgan fingerprint density at radius 3 is 2.54 bits per heavy atom. The van der Waals surface area contributed by atoms with Crippen molar-refractivity contribution >= 4 is 7.82 Å². The van der Waals surface area contributed by atoms with Crippen LogP contribution in [0.5, 0.6) is 0 Å². The predicted molar refractivity (Wildman–Crippen MR) is 39.7 cm³/mol. The Labute approximate surface area is 74.1 Å². The minimum atomic E-state index is -4.61. The second-order valence-corrected chi connectivity index (χ2v) is 3.87. The topological polar surface area (TPSA) is 116 Å². The molecule has 0 saturated carbocycles. The minimum Gasteiger partial charge on any atom is -0.394 e. The molecule has 1 heterocycles. The first-order valence-corrected chi connectivity index (χ1v) is 5.11. The Bertz CT molecular complexity index is 213. The second kappa shape index (κ2) is 4.02. The van der Waals surface area contributed by atoms with Crippen molar-refractivity contribution < 1.29 is 33.8 Å². The van der Waals surface area contributed by atoms with E-state index in [1.165, 1.54) is 0 Å². The van der Waals surface area contributed by atoms with E-state index in [9.17, 15) is 9.67 Å². The van der Waals surface area contributed by atoms with Crippen LogP contribution in [-0.2, 0) is 13.8 Å². The molecule has 0 aromatic heterocycles. The van der Waals surface area contributed by atoms with Crippen LogP contribution in [0.15, 0.2) is 0 Å². The molecule has 0 aliphatic carbocycles. The van der Waals surface area contributed by atoms with Gasteiger partial charge in [-0.2, -0.15) is 0 Å². The van der Waals surface area contributed by atoms with Crippen molar-refractivity contribution in [2.45, 2.75) is 18.3 Å². The molecular weight excluding hydrogens is 203 g/mol. The van der Waals surface area contributed by atoms with Crippen LogP contribution in [0.4, 0.5) is 0 Å². The number of phosphoric acid groups is 1. The van der Waals surface area contributed by atoms with E-state index >= 15 is 0 Å². The molecule has 1 aliphatic rings. The fourth-order valence-corrected chi connectivity index (χ4v) is 1.62. The molecule has 0 amide bonds. The monoisotopic (exact) mass is 214 g/mol. The lowest BCUT2D eigenvalue weighted by molar-refractivity contribution is -0.00598. The van der Waals surface area contributed by atoms with E-state index < -0.39 is 32.7 Å². The maximum Gasteiger partial charge on any atom is 0.470 e. The van der Waals surface area contributed by atoms with Gasteiger partial charge >= 0.3 is 7.82 Å². The number of aliphatic hydroxyl groups excluding tert-OH is 2. The van der Waals surface area contributed by atoms with Crippen LogP contribution in [0.25, 0.3) is 0 Å². The third-order valence-corrected chi connectivity index (χ3v) is 2.23. The van der Waals surface area contributed by atoms with E-state index in [-0.39, 0.29) is 6.61 Å². The van der Waals surface area contributed by atoms with Gasteiger partial charge in [0.05, 0.1) is 13.2 Å². The van der Waals surface area contributed by atoms with Crippen LogP contribution >= 0.6 is 7.82 Å². The first kappa shape index (κ1) is 11.1. The van der Waals surface area contributed by atoms with E-state index in [0.29, 0.717) is 0 Å². The lowest BCUT2D eigenvalue weighted by atomic mass is 10.2. The van der Waals surface area contributed by atoms with E-state index in [1.807, 2.05) is 0 Å². The van der Waals surface area contributed by atoms with Gasteiger partial charge in [0, 0.05) is 0 Å². The van der Waals surface area contributed by atoms with Crippen molar-refractivity contribution in [1.29, 1.82) is 0 Å². The van der Waals surface area contributed by atoms with Gasteiger partial charge in [0.15, 0.2) is 0 Å². The van der Waals surface area contributed by atoms with Crippen LogP contribution in [0.2, 0.25) is 0 Å². The molecule has 0 bridgehead atoms. The number of hydrogen-bond donors (Lipinski definition) is 4. The Morgan fingerprint density at radius 1 is 1.54 bits per heavy atom. The largest absolute Gasteiger partial charge is 0.470 e. The fraction of sp³-hybridized carbons (Fsp3) is 1.00. The van der Waals surface area contributed by atoms with E-state index in [0.717, 1.165) is 0 Å². The summed E-state index contributed by atoms with van der Waals surface area (Å²) in [5, 5.41) is 17.9. The van der Waals surface area contributed by atoms with Gasteiger partial charge in [0.2, 0.25) is 0 Å². The third-order valence-electron chi connectivity index (χ3n) is 1.69. The second-order valence-electron chi connectivity index (χ2n) is 2.68. The Hall–Kier alpha value is -0.0100. The predicted octanol–water partition coefficient (Wildman–Crippen LogP) is -1.78. The Kier molecular flexibility index (Phi) is 3.42. The molecule has 1 aliphatic heterocycles. The number of phosphoric ester groups is 1. The smallest absolute Gasteiger partial charge is 0.394 e. The van der Waals surface area contributed by atoms with Gasteiger partial charge in [0.25, 0.3) is 0 Å². The Balaban J connectivity index is 2.50. The summed E-state index contributed by atoms with van der Waals surface area (Å²) in [5.41, 5.74) is 0. The molecule has 7 nitrogen and oxygen atoms in total. The lowest BCUT2D eigenvalue weighted by Gasteiger charge is -2.16. The highest BCUT2D eigenvalue weighted by Gasteiger charge is 2.39. The summed E-state index contributed by atoms with van der Waals surface area (Å²) < 4.78 is 19.4. The average Bonchev–Trinajstić information content (AvgIpc) is 2.30. The molecule has 13 heavy (non-hydrogen) atoms. The molecule has 1 saturated heterocycles. The average molecular weight is 214 g/mol. The van der Waals surface area contributed by atoms with Crippen LogP contribution in [0.1, 0.15) is 0 Å². The standard InChI is InChI=1S/C5H11O7P/c6-1-3-5(7)4(2-11-3)12-13(8,9)10/h3-7H,1-2H2,(H2,8,9,10)/t3-,4+,5-/m0/s1. The number of aliphatic hydroxyl groups is 2. The summed E-state index contributed by atoms with van der Waals surface area (Å²) in [7, 11) is -4.61. The summed E-state index contributed by atoms with van der Waals surface area (Å²) in [6.07, 6.45) is -3.13. The van der Waals surface area contributed by atoms with Gasteiger partial charge in [-0.3, -0.25) is 4.52 Å². The van der Waals surface area contributed by atoms with E-state index in [2.05, 4.69) is 4.52 Å². The summed E-state index contributed by atoms with van der Waals surface area (Å²) in [4.78, 5) is 16.8. The number of ether oxygens (including phenoxy) is 1. The highest BCUT2D eigenvalue weighted by molar-refractivity contribution is 7.46. The van der Waals surface area contributed by atoms with Crippen molar-refractivity contribution in [3.8, 4) is 0 Å². The molecule has 0 aromatic carbocycles. The normalized spacial score (nSPS) is 35.2. The van der Waals surface area contributed by atoms with Crippen LogP contribution in [0, 0.1) is 0 Å². The van der Waals surface area contributed by atoms with Crippen molar-refractivity contribution in [1.82, 2.24) is 0 Å². The molecule has 4 N–H and O–H groups in total. The molecule has 8 heteroatoms. The van der Waals surface area contributed by atoms with E-state index in [4.69, 9.17) is 19.6 Å². The number of rotatable bonds is 3. The van der Waals surface area contributed by atoms with Gasteiger partial charge in [-0.1, -0.05) is 0 Å². The van der Waals surface area contributed by atoms with Crippen molar-refractivity contribution in [2.75, 3.05) is 13.2 Å². The van der Waals surface area contributed by atoms with Crippen LogP contribution in [-0.4, -0.2) is 51.5 Å². The van der Waals surface area contributed by atoms with Gasteiger partial charge in [-0.05, 0) is 0 Å². The zero-order valence-electron chi connectivity index (χ0n) is 6.61. The first-order chi connectivity index (χ1) is 5.94. The lowest BCUT2D eigenvalue weighted by Crippen LogP contribution is -2.33. The maximum atomic E-state index is 10.4. The molecule has 3 atom stereocenters. The van der Waals surface area contributed by atoms with Gasteiger partial charge < -0.3 is 24.7 Å². The molecule has 1 rings (SSSR count). The third kappa shape index (κ3) is 2.99. The van der Waals surface area contributed by atoms with Crippen molar-refractivity contribution in [2.24, 2.45) is 0 Å². The van der Waals surface area contributed by atoms with Gasteiger partial charge in [-0.25, -0.2) is 4.57 Å². The maximum absolute atomic E-state index is 10.4. The summed E-state index contributed by atoms with van der Waals surface area (Å²) >= 11 is 0. The zero-order chi connectivity index (χ0) is 10.1. The molecule has 0 radical (unpaired) electrons. The molecule has 1 fully saturated rings. The highest BCUT2D eigenvalue weighted by Crippen LogP contribution is 2.39. The summed E-state index contributed by atoms with van der Waals surface area (Å²) in [5.74, 6) is 0. The molecular formula is C5H11O7P. The fourth-order valence-electron chi connectivity index (χ4n) is 1.08. The Morgan fingerprint density at radius 2 is 2.15 bits per heavy atom. The van der Waals surface area contributed by atoms with E-state index in [1.54, 1.807) is 0 Å². The molecule has 0 spiro atoms.